The van der Waals surface area contributed by atoms with E-state index in [2.05, 4.69) is 47.2 Å². The SMILES string of the molecule is Cc1nc2c[c-]c(-c3nncn3-c3c(C)cccc3C)cc2o1.[Ir]. The molecular weight excluding hydrogens is 480 g/mol. The summed E-state index contributed by atoms with van der Waals surface area (Å²) in [6.45, 7) is 6.00. The number of hydrogen-bond acceptors (Lipinski definition) is 4. The average molecular weight is 496 g/mol. The molecule has 6 heteroatoms. The third kappa shape index (κ3) is 2.68. The quantitative estimate of drug-likeness (QED) is 0.397. The number of benzene rings is 2. The van der Waals surface area contributed by atoms with E-state index in [1.165, 1.54) is 11.1 Å². The predicted molar refractivity (Wildman–Crippen MR) is 87.4 cm³/mol. The van der Waals surface area contributed by atoms with Gasteiger partial charge in [-0.1, -0.05) is 24.3 Å². The molecule has 0 aliphatic rings. The smallest absolute Gasteiger partial charge is 0.180 e. The topological polar surface area (TPSA) is 56.7 Å². The summed E-state index contributed by atoms with van der Waals surface area (Å²) < 4.78 is 7.60. The Morgan fingerprint density at radius 1 is 1.12 bits per heavy atom. The van der Waals surface area contributed by atoms with Crippen LogP contribution in [-0.4, -0.2) is 19.7 Å². The Morgan fingerprint density at radius 2 is 1.88 bits per heavy atom. The standard InChI is InChI=1S/C18H15N4O.Ir/c1-11-5-4-6-12(2)17(11)22-10-19-21-18(22)14-7-8-15-16(9-14)23-13(3)20-15;/h4-6,8-10H,1-3H3;/q-1;. The minimum absolute atomic E-state index is 0. The molecule has 123 valence electrons. The Labute approximate surface area is 153 Å². The van der Waals surface area contributed by atoms with E-state index in [0.717, 1.165) is 28.2 Å². The predicted octanol–water partition coefficient (Wildman–Crippen LogP) is 3.80. The molecule has 0 N–H and O–H groups in total. The van der Waals surface area contributed by atoms with Crippen LogP contribution in [0, 0.1) is 26.8 Å². The van der Waals surface area contributed by atoms with Gasteiger partial charge in [-0.2, -0.15) is 5.10 Å². The van der Waals surface area contributed by atoms with Crippen molar-refractivity contribution in [2.75, 3.05) is 0 Å². The Hall–Kier alpha value is -2.30. The number of rotatable bonds is 2. The van der Waals surface area contributed by atoms with Crippen LogP contribution in [0.1, 0.15) is 17.0 Å². The summed E-state index contributed by atoms with van der Waals surface area (Å²) in [7, 11) is 0. The number of aryl methyl sites for hydroxylation is 3. The van der Waals surface area contributed by atoms with Crippen LogP contribution in [0.25, 0.3) is 28.2 Å². The van der Waals surface area contributed by atoms with E-state index in [1.807, 2.05) is 29.7 Å². The van der Waals surface area contributed by atoms with Crippen LogP contribution in [0.5, 0.6) is 0 Å². The van der Waals surface area contributed by atoms with E-state index in [9.17, 15) is 0 Å². The summed E-state index contributed by atoms with van der Waals surface area (Å²) in [5.41, 5.74) is 5.78. The summed E-state index contributed by atoms with van der Waals surface area (Å²) in [4.78, 5) is 4.30. The van der Waals surface area contributed by atoms with E-state index in [1.54, 1.807) is 6.33 Å². The van der Waals surface area contributed by atoms with Crippen LogP contribution in [0.3, 0.4) is 0 Å². The third-order valence-electron chi connectivity index (χ3n) is 3.90. The van der Waals surface area contributed by atoms with Gasteiger partial charge in [0.1, 0.15) is 6.33 Å². The van der Waals surface area contributed by atoms with Crippen LogP contribution in [0.15, 0.2) is 41.1 Å². The number of para-hydroxylation sites is 1. The molecule has 0 saturated carbocycles. The van der Waals surface area contributed by atoms with Gasteiger partial charge in [0.15, 0.2) is 5.89 Å². The van der Waals surface area contributed by atoms with E-state index < -0.39 is 0 Å². The van der Waals surface area contributed by atoms with Gasteiger partial charge in [0, 0.05) is 38.2 Å². The van der Waals surface area contributed by atoms with Crippen molar-refractivity contribution in [3.8, 4) is 17.1 Å². The zero-order chi connectivity index (χ0) is 16.0. The van der Waals surface area contributed by atoms with Gasteiger partial charge in [0.2, 0.25) is 0 Å². The minimum atomic E-state index is 0. The second kappa shape index (κ2) is 6.30. The largest absolute Gasteiger partial charge is 0.461 e. The van der Waals surface area contributed by atoms with Gasteiger partial charge in [-0.15, -0.1) is 22.8 Å². The van der Waals surface area contributed by atoms with Crippen molar-refractivity contribution >= 4 is 11.1 Å². The first-order valence-electron chi connectivity index (χ1n) is 7.39. The fraction of sp³-hybridized carbons (Fsp3) is 0.167. The van der Waals surface area contributed by atoms with Gasteiger partial charge in [0.25, 0.3) is 0 Å². The molecule has 0 amide bonds. The first-order chi connectivity index (χ1) is 11.1. The summed E-state index contributed by atoms with van der Waals surface area (Å²) in [5, 5.41) is 8.37. The number of oxazole rings is 1. The minimum Gasteiger partial charge on any atom is -0.461 e. The molecule has 0 fully saturated rings. The maximum Gasteiger partial charge on any atom is 0.180 e. The van der Waals surface area contributed by atoms with E-state index in [0.29, 0.717) is 5.89 Å². The zero-order valence-corrected chi connectivity index (χ0v) is 15.9. The fourth-order valence-electron chi connectivity index (χ4n) is 2.88. The van der Waals surface area contributed by atoms with Crippen molar-refractivity contribution in [2.24, 2.45) is 0 Å². The van der Waals surface area contributed by atoms with Crippen molar-refractivity contribution < 1.29 is 24.5 Å². The Kier molecular flexibility index (Phi) is 4.35. The van der Waals surface area contributed by atoms with Crippen molar-refractivity contribution in [1.29, 1.82) is 0 Å². The van der Waals surface area contributed by atoms with Crippen molar-refractivity contribution in [3.63, 3.8) is 0 Å². The third-order valence-corrected chi connectivity index (χ3v) is 3.90. The molecule has 0 spiro atoms. The van der Waals surface area contributed by atoms with Crippen LogP contribution < -0.4 is 0 Å². The van der Waals surface area contributed by atoms with Gasteiger partial charge in [-0.05, 0) is 25.0 Å². The van der Waals surface area contributed by atoms with Gasteiger partial charge in [-0.25, -0.2) is 0 Å². The molecule has 0 atom stereocenters. The van der Waals surface area contributed by atoms with Gasteiger partial charge in [-0.3, -0.25) is 4.98 Å². The normalized spacial score (nSPS) is 10.8. The second-order valence-corrected chi connectivity index (χ2v) is 5.59. The maximum atomic E-state index is 5.61. The molecule has 4 rings (SSSR count). The Bertz CT molecular complexity index is 999. The maximum absolute atomic E-state index is 5.61. The van der Waals surface area contributed by atoms with Crippen LogP contribution in [0.4, 0.5) is 0 Å². The molecule has 2 heterocycles. The van der Waals surface area contributed by atoms with Gasteiger partial charge in [0.05, 0.1) is 11.4 Å². The molecular formula is C18H15IrN4O-. The van der Waals surface area contributed by atoms with Crippen molar-refractivity contribution in [2.45, 2.75) is 20.8 Å². The number of nitrogens with zero attached hydrogens (tertiary/aromatic N) is 4. The summed E-state index contributed by atoms with van der Waals surface area (Å²) >= 11 is 0. The van der Waals surface area contributed by atoms with Crippen LogP contribution >= 0.6 is 0 Å². The molecule has 2 aromatic heterocycles. The van der Waals surface area contributed by atoms with Crippen LogP contribution in [0.2, 0.25) is 0 Å². The van der Waals surface area contributed by atoms with E-state index in [4.69, 9.17) is 4.42 Å². The zero-order valence-electron chi connectivity index (χ0n) is 13.5. The average Bonchev–Trinajstić information content (AvgIpc) is 3.11. The van der Waals surface area contributed by atoms with Gasteiger partial charge >= 0.3 is 0 Å². The molecule has 0 aliphatic carbocycles. The number of aromatic nitrogens is 4. The molecule has 0 unspecified atom stereocenters. The Morgan fingerprint density at radius 3 is 2.62 bits per heavy atom. The summed E-state index contributed by atoms with van der Waals surface area (Å²) in [5.74, 6) is 1.38. The molecule has 2 aromatic carbocycles. The molecule has 24 heavy (non-hydrogen) atoms. The first kappa shape index (κ1) is 16.6. The van der Waals surface area contributed by atoms with Crippen molar-refractivity contribution in [3.05, 3.63) is 59.7 Å². The number of hydrogen-bond donors (Lipinski definition) is 0. The van der Waals surface area contributed by atoms with Crippen molar-refractivity contribution in [1.82, 2.24) is 19.7 Å². The molecule has 4 aromatic rings. The fourth-order valence-corrected chi connectivity index (χ4v) is 2.88. The molecule has 0 aliphatic heterocycles. The second-order valence-electron chi connectivity index (χ2n) is 5.59. The van der Waals surface area contributed by atoms with Gasteiger partial charge < -0.3 is 8.98 Å². The first-order valence-corrected chi connectivity index (χ1v) is 7.39. The molecule has 0 saturated heterocycles. The molecule has 5 nitrogen and oxygen atoms in total. The number of fused-ring (bicyclic) bond motifs is 1. The summed E-state index contributed by atoms with van der Waals surface area (Å²) in [6.07, 6.45) is 1.73. The Balaban J connectivity index is 0.00000169. The van der Waals surface area contributed by atoms with E-state index in [-0.39, 0.29) is 20.1 Å². The summed E-state index contributed by atoms with van der Waals surface area (Å²) in [6, 6.07) is 13.2. The molecule has 1 radical (unpaired) electrons. The van der Waals surface area contributed by atoms with E-state index >= 15 is 0 Å². The monoisotopic (exact) mass is 496 g/mol. The van der Waals surface area contributed by atoms with Crippen LogP contribution in [-0.2, 0) is 20.1 Å². The molecule has 0 bridgehead atoms.